The smallest absolute Gasteiger partial charge is 0.276 e. The van der Waals surface area contributed by atoms with Gasteiger partial charge in [-0.25, -0.2) is 0 Å². The van der Waals surface area contributed by atoms with Gasteiger partial charge in [0.1, 0.15) is 11.1 Å². The molecule has 0 spiro atoms. The molecule has 1 heterocycles. The second-order valence-corrected chi connectivity index (χ2v) is 9.08. The van der Waals surface area contributed by atoms with Crippen LogP contribution in [0.25, 0.3) is 11.0 Å². The quantitative estimate of drug-likeness (QED) is 0.423. The molecule has 1 amide bonds. The fraction of sp³-hybridized carbons (Fsp3) is 0.0435. The predicted octanol–water partition coefficient (Wildman–Crippen LogP) is 4.44. The Bertz CT molecular complexity index is 1480. The number of sulfonamides is 1. The number of nitrogens with one attached hydrogen (secondary N) is 2. The molecule has 0 saturated carbocycles. The van der Waals surface area contributed by atoms with E-state index in [2.05, 4.69) is 15.2 Å². The summed E-state index contributed by atoms with van der Waals surface area (Å²) in [6, 6.07) is 21.6. The lowest BCUT2D eigenvalue weighted by molar-refractivity contribution is 0.102. The molecule has 1 aromatic heterocycles. The van der Waals surface area contributed by atoms with Crippen LogP contribution in [0.15, 0.2) is 93.3 Å². The Morgan fingerprint density at radius 1 is 0.969 bits per heavy atom. The molecule has 0 bridgehead atoms. The highest BCUT2D eigenvalue weighted by Gasteiger charge is 2.16. The van der Waals surface area contributed by atoms with Gasteiger partial charge >= 0.3 is 0 Å². The zero-order valence-electron chi connectivity index (χ0n) is 16.9. The van der Waals surface area contributed by atoms with Crippen molar-refractivity contribution in [2.24, 2.45) is 5.10 Å². The standard InChI is InChI=1S/C23H18ClN3O4S/c1-15-9-11-19(12-10-15)32(29,30)27-26-23-20(13-16-5-2-3-8-21(16)31-23)22(28)25-18-7-4-6-17(24)14-18/h2-14,27H,1H3,(H,25,28)/b26-23-. The zero-order valence-corrected chi connectivity index (χ0v) is 18.4. The Morgan fingerprint density at radius 2 is 1.72 bits per heavy atom. The molecule has 0 atom stereocenters. The van der Waals surface area contributed by atoms with Crippen molar-refractivity contribution >= 4 is 44.2 Å². The third kappa shape index (κ3) is 4.82. The van der Waals surface area contributed by atoms with E-state index in [4.69, 9.17) is 16.0 Å². The van der Waals surface area contributed by atoms with Gasteiger partial charge in [-0.2, -0.15) is 13.2 Å². The number of hydrogen-bond acceptors (Lipinski definition) is 5. The van der Waals surface area contributed by atoms with Crippen LogP contribution in [0.3, 0.4) is 0 Å². The largest absolute Gasteiger partial charge is 0.436 e. The number of aryl methyl sites for hydroxylation is 1. The first kappa shape index (κ1) is 21.6. The molecular formula is C23H18ClN3O4S. The number of carbonyl (C=O) groups is 1. The molecule has 4 rings (SSSR count). The third-order valence-electron chi connectivity index (χ3n) is 4.58. The van der Waals surface area contributed by atoms with Crippen molar-refractivity contribution in [3.63, 3.8) is 0 Å². The van der Waals surface area contributed by atoms with Gasteiger partial charge in [0.2, 0.25) is 5.55 Å². The van der Waals surface area contributed by atoms with E-state index in [0.29, 0.717) is 21.7 Å². The van der Waals surface area contributed by atoms with Crippen LogP contribution in [0.2, 0.25) is 5.02 Å². The average molecular weight is 468 g/mol. The van der Waals surface area contributed by atoms with E-state index >= 15 is 0 Å². The Hall–Kier alpha value is -3.62. The lowest BCUT2D eigenvalue weighted by Crippen LogP contribution is -2.27. The Morgan fingerprint density at radius 3 is 2.47 bits per heavy atom. The maximum Gasteiger partial charge on any atom is 0.276 e. The molecule has 0 radical (unpaired) electrons. The van der Waals surface area contributed by atoms with Crippen LogP contribution in [0.5, 0.6) is 0 Å². The molecule has 0 aliphatic carbocycles. The monoisotopic (exact) mass is 467 g/mol. The lowest BCUT2D eigenvalue weighted by atomic mass is 10.1. The molecule has 7 nitrogen and oxygen atoms in total. The first-order chi connectivity index (χ1) is 15.3. The summed E-state index contributed by atoms with van der Waals surface area (Å²) in [4.78, 5) is 15.2. The predicted molar refractivity (Wildman–Crippen MR) is 123 cm³/mol. The first-order valence-electron chi connectivity index (χ1n) is 9.54. The summed E-state index contributed by atoms with van der Waals surface area (Å²) in [5.74, 6) is -0.532. The number of para-hydroxylation sites is 1. The van der Waals surface area contributed by atoms with Crippen molar-refractivity contribution in [2.75, 3.05) is 5.32 Å². The SMILES string of the molecule is Cc1ccc(S(=O)(=O)N/N=c2\oc3ccccc3cc2C(=O)Nc2cccc(Cl)c2)cc1. The number of amides is 1. The van der Waals surface area contributed by atoms with E-state index in [-0.39, 0.29) is 16.0 Å². The van der Waals surface area contributed by atoms with E-state index in [0.717, 1.165) is 5.56 Å². The molecular weight excluding hydrogens is 450 g/mol. The summed E-state index contributed by atoms with van der Waals surface area (Å²) < 4.78 is 31.0. The fourth-order valence-corrected chi connectivity index (χ4v) is 3.94. The summed E-state index contributed by atoms with van der Waals surface area (Å²) in [7, 11) is -3.96. The second-order valence-electron chi connectivity index (χ2n) is 6.99. The number of benzene rings is 3. The molecule has 32 heavy (non-hydrogen) atoms. The molecule has 0 saturated heterocycles. The van der Waals surface area contributed by atoms with Gasteiger partial charge < -0.3 is 9.73 Å². The van der Waals surface area contributed by atoms with Gasteiger partial charge in [-0.15, -0.1) is 5.10 Å². The first-order valence-corrected chi connectivity index (χ1v) is 11.4. The van der Waals surface area contributed by atoms with Gasteiger partial charge in [0.15, 0.2) is 0 Å². The van der Waals surface area contributed by atoms with Crippen LogP contribution in [-0.2, 0) is 10.0 Å². The highest BCUT2D eigenvalue weighted by atomic mass is 35.5. The number of halogens is 1. The van der Waals surface area contributed by atoms with Crippen molar-refractivity contribution in [3.05, 3.63) is 101 Å². The minimum atomic E-state index is -3.96. The van der Waals surface area contributed by atoms with Crippen LogP contribution < -0.4 is 15.7 Å². The zero-order chi connectivity index (χ0) is 22.7. The van der Waals surface area contributed by atoms with Gasteiger partial charge in [0.05, 0.1) is 4.90 Å². The molecule has 0 fully saturated rings. The Balaban J connectivity index is 1.75. The highest BCUT2D eigenvalue weighted by Crippen LogP contribution is 2.17. The molecule has 162 valence electrons. The topological polar surface area (TPSA) is 101 Å². The Kier molecular flexibility index (Phi) is 5.98. The van der Waals surface area contributed by atoms with Crippen molar-refractivity contribution in [1.82, 2.24) is 4.83 Å². The number of nitrogens with zero attached hydrogens (tertiary/aromatic N) is 1. The van der Waals surface area contributed by atoms with Crippen molar-refractivity contribution in [3.8, 4) is 0 Å². The molecule has 2 N–H and O–H groups in total. The summed E-state index contributed by atoms with van der Waals surface area (Å²) in [6.07, 6.45) is 0. The normalized spacial score (nSPS) is 12.0. The van der Waals surface area contributed by atoms with Crippen molar-refractivity contribution in [2.45, 2.75) is 11.8 Å². The molecule has 3 aromatic carbocycles. The van der Waals surface area contributed by atoms with Gasteiger partial charge in [0, 0.05) is 16.1 Å². The van der Waals surface area contributed by atoms with E-state index in [1.807, 2.05) is 6.92 Å². The van der Waals surface area contributed by atoms with Crippen LogP contribution >= 0.6 is 11.6 Å². The molecule has 0 unspecified atom stereocenters. The minimum Gasteiger partial charge on any atom is -0.436 e. The summed E-state index contributed by atoms with van der Waals surface area (Å²) in [5.41, 5.74) is 1.71. The third-order valence-corrected chi connectivity index (χ3v) is 6.04. The van der Waals surface area contributed by atoms with Crippen LogP contribution in [0.4, 0.5) is 5.69 Å². The maximum absolute atomic E-state index is 13.0. The Labute approximate surface area is 189 Å². The molecule has 9 heteroatoms. The minimum absolute atomic E-state index is 0.0394. The number of hydrogen-bond donors (Lipinski definition) is 2. The van der Waals surface area contributed by atoms with Gasteiger partial charge in [-0.1, -0.05) is 53.6 Å². The summed E-state index contributed by atoms with van der Waals surface area (Å²) >= 11 is 5.99. The number of carbonyl (C=O) groups excluding carboxylic acids is 1. The van der Waals surface area contributed by atoms with Crippen molar-refractivity contribution in [1.29, 1.82) is 0 Å². The van der Waals surface area contributed by atoms with Gasteiger partial charge in [-0.05, 0) is 49.4 Å². The van der Waals surface area contributed by atoms with E-state index in [1.165, 1.54) is 12.1 Å². The van der Waals surface area contributed by atoms with Crippen LogP contribution in [0.1, 0.15) is 15.9 Å². The highest BCUT2D eigenvalue weighted by molar-refractivity contribution is 7.89. The summed E-state index contributed by atoms with van der Waals surface area (Å²) in [6.45, 7) is 1.85. The van der Waals surface area contributed by atoms with Gasteiger partial charge in [0.25, 0.3) is 15.9 Å². The summed E-state index contributed by atoms with van der Waals surface area (Å²) in [5, 5.41) is 7.75. The number of anilines is 1. The number of rotatable bonds is 5. The van der Waals surface area contributed by atoms with Gasteiger partial charge in [-0.3, -0.25) is 4.79 Å². The molecule has 4 aromatic rings. The maximum atomic E-state index is 13.0. The second kappa shape index (κ2) is 8.86. The lowest BCUT2D eigenvalue weighted by Gasteiger charge is -2.08. The van der Waals surface area contributed by atoms with Crippen LogP contribution in [0, 0.1) is 6.92 Å². The molecule has 0 aliphatic heterocycles. The van der Waals surface area contributed by atoms with E-state index in [1.54, 1.807) is 66.7 Å². The van der Waals surface area contributed by atoms with E-state index in [9.17, 15) is 13.2 Å². The van der Waals surface area contributed by atoms with Crippen molar-refractivity contribution < 1.29 is 17.6 Å². The fourth-order valence-electron chi connectivity index (χ4n) is 2.95. The van der Waals surface area contributed by atoms with Crippen LogP contribution in [-0.4, -0.2) is 14.3 Å². The van der Waals surface area contributed by atoms with E-state index < -0.39 is 15.9 Å². The molecule has 0 aliphatic rings. The average Bonchev–Trinajstić information content (AvgIpc) is 2.77. The number of fused-ring (bicyclic) bond motifs is 1.